The molecule has 106 valence electrons. The van der Waals surface area contributed by atoms with Crippen LogP contribution < -0.4 is 4.90 Å². The van der Waals surface area contributed by atoms with Gasteiger partial charge in [-0.05, 0) is 55.8 Å². The summed E-state index contributed by atoms with van der Waals surface area (Å²) in [7, 11) is 0. The molecule has 0 saturated carbocycles. The molecule has 0 bridgehead atoms. The van der Waals surface area contributed by atoms with Crippen molar-refractivity contribution in [1.82, 2.24) is 0 Å². The van der Waals surface area contributed by atoms with Crippen molar-refractivity contribution in [3.05, 3.63) is 96.7 Å². The number of rotatable bonds is 5. The lowest BCUT2D eigenvalue weighted by Crippen LogP contribution is -2.15. The number of hydrogen-bond donors (Lipinski definition) is 0. The Balaban J connectivity index is 2.59. The summed E-state index contributed by atoms with van der Waals surface area (Å²) in [6, 6.07) is 18.7. The molecule has 1 nitrogen and oxygen atoms in total. The third-order valence-corrected chi connectivity index (χ3v) is 3.14. The maximum absolute atomic E-state index is 3.98. The molecule has 2 rings (SSSR count). The van der Waals surface area contributed by atoms with E-state index < -0.39 is 0 Å². The van der Waals surface area contributed by atoms with Gasteiger partial charge in [-0.15, -0.1) is 0 Å². The predicted octanol–water partition coefficient (Wildman–Crippen LogP) is 5.78. The van der Waals surface area contributed by atoms with E-state index in [1.807, 2.05) is 37.3 Å². The van der Waals surface area contributed by atoms with Crippen molar-refractivity contribution in [2.24, 2.45) is 0 Å². The lowest BCUT2D eigenvalue weighted by Gasteiger charge is -2.26. The van der Waals surface area contributed by atoms with E-state index >= 15 is 0 Å². The Bertz CT molecular complexity index is 665. The van der Waals surface area contributed by atoms with Crippen molar-refractivity contribution in [3.8, 4) is 0 Å². The lowest BCUT2D eigenvalue weighted by atomic mass is 10.1. The molecule has 0 N–H and O–H groups in total. The van der Waals surface area contributed by atoms with Gasteiger partial charge in [0.25, 0.3) is 0 Å². The van der Waals surface area contributed by atoms with Crippen molar-refractivity contribution in [2.75, 3.05) is 4.90 Å². The fourth-order valence-electron chi connectivity index (χ4n) is 2.26. The summed E-state index contributed by atoms with van der Waals surface area (Å²) in [5, 5.41) is 0. The average Bonchev–Trinajstić information content (AvgIpc) is 2.47. The minimum Gasteiger partial charge on any atom is -0.311 e. The number of allylic oxidation sites excluding steroid dienone is 3. The minimum absolute atomic E-state index is 0.999. The first kappa shape index (κ1) is 14.9. The van der Waals surface area contributed by atoms with E-state index in [0.717, 1.165) is 22.6 Å². The number of hydrogen-bond acceptors (Lipinski definition) is 1. The molecule has 0 atom stereocenters. The first-order valence-electron chi connectivity index (χ1n) is 7.03. The normalized spacial score (nSPS) is 11.0. The number of anilines is 2. The summed E-state index contributed by atoms with van der Waals surface area (Å²) < 4.78 is 0. The third-order valence-electron chi connectivity index (χ3n) is 3.14. The van der Waals surface area contributed by atoms with Crippen LogP contribution in [0.3, 0.4) is 0 Å². The van der Waals surface area contributed by atoms with Gasteiger partial charge in [0.2, 0.25) is 0 Å². The van der Waals surface area contributed by atoms with Crippen LogP contribution in [0.25, 0.3) is 0 Å². The van der Waals surface area contributed by atoms with E-state index in [2.05, 4.69) is 61.4 Å². The highest BCUT2D eigenvalue weighted by Gasteiger charge is 2.12. The second kappa shape index (κ2) is 6.76. The van der Waals surface area contributed by atoms with Crippen LogP contribution in [-0.2, 0) is 0 Å². The van der Waals surface area contributed by atoms with E-state index in [9.17, 15) is 0 Å². The molecule has 2 aromatic rings. The van der Waals surface area contributed by atoms with Crippen LogP contribution in [-0.4, -0.2) is 0 Å². The fraction of sp³-hybridized carbons (Fsp3) is 0.100. The van der Waals surface area contributed by atoms with Crippen LogP contribution in [0.4, 0.5) is 11.4 Å². The van der Waals surface area contributed by atoms with E-state index in [1.165, 1.54) is 5.56 Å². The predicted molar refractivity (Wildman–Crippen MR) is 92.9 cm³/mol. The Labute approximate surface area is 127 Å². The highest BCUT2D eigenvalue weighted by Crippen LogP contribution is 2.31. The molecule has 1 heteroatoms. The minimum atomic E-state index is 0.999. The van der Waals surface area contributed by atoms with Gasteiger partial charge in [0.15, 0.2) is 0 Å². The van der Waals surface area contributed by atoms with Crippen molar-refractivity contribution < 1.29 is 0 Å². The zero-order valence-electron chi connectivity index (χ0n) is 12.7. The summed E-state index contributed by atoms with van der Waals surface area (Å²) in [5.41, 5.74) is 5.47. The largest absolute Gasteiger partial charge is 0.311 e. The van der Waals surface area contributed by atoms with Gasteiger partial charge < -0.3 is 4.90 Å². The molecule has 0 aliphatic heterocycles. The Morgan fingerprint density at radius 1 is 1.00 bits per heavy atom. The van der Waals surface area contributed by atoms with Crippen molar-refractivity contribution in [3.63, 3.8) is 0 Å². The molecule has 0 radical (unpaired) electrons. The molecule has 0 aliphatic carbocycles. The number of para-hydroxylation sites is 1. The van der Waals surface area contributed by atoms with Crippen LogP contribution in [0.15, 0.2) is 91.2 Å². The molecular formula is C20H21N. The number of nitrogens with zero attached hydrogens (tertiary/aromatic N) is 1. The Morgan fingerprint density at radius 3 is 2.24 bits per heavy atom. The maximum Gasteiger partial charge on any atom is 0.0464 e. The number of aryl methyl sites for hydroxylation is 1. The van der Waals surface area contributed by atoms with Crippen molar-refractivity contribution >= 4 is 11.4 Å². The van der Waals surface area contributed by atoms with E-state index in [1.54, 1.807) is 0 Å². The summed E-state index contributed by atoms with van der Waals surface area (Å²) in [6.45, 7) is 12.0. The second-order valence-corrected chi connectivity index (χ2v) is 5.13. The van der Waals surface area contributed by atoms with Gasteiger partial charge in [0, 0.05) is 17.1 Å². The standard InChI is InChI=1S/C20H21N/c1-5-18(14-16(2)3)21(19-11-7-6-8-12-19)20-13-9-10-17(4)15-20/h5-15H,1-2H2,3-4H3/b18-14+. The lowest BCUT2D eigenvalue weighted by molar-refractivity contribution is 1.20. The second-order valence-electron chi connectivity index (χ2n) is 5.13. The van der Waals surface area contributed by atoms with E-state index in [0.29, 0.717) is 0 Å². The molecule has 21 heavy (non-hydrogen) atoms. The monoisotopic (exact) mass is 275 g/mol. The molecule has 0 aliphatic rings. The van der Waals surface area contributed by atoms with Crippen LogP contribution in [0.2, 0.25) is 0 Å². The quantitative estimate of drug-likeness (QED) is 0.625. The summed E-state index contributed by atoms with van der Waals surface area (Å²) >= 11 is 0. The smallest absolute Gasteiger partial charge is 0.0464 e. The van der Waals surface area contributed by atoms with E-state index in [4.69, 9.17) is 0 Å². The van der Waals surface area contributed by atoms with Gasteiger partial charge in [-0.3, -0.25) is 0 Å². The molecule has 0 heterocycles. The zero-order chi connectivity index (χ0) is 15.2. The molecule has 0 spiro atoms. The van der Waals surface area contributed by atoms with Crippen LogP contribution in [0.1, 0.15) is 12.5 Å². The highest BCUT2D eigenvalue weighted by atomic mass is 15.1. The Hall–Kier alpha value is -2.54. The van der Waals surface area contributed by atoms with Crippen LogP contribution >= 0.6 is 0 Å². The summed E-state index contributed by atoms with van der Waals surface area (Å²) in [6.07, 6.45) is 3.91. The molecule has 0 saturated heterocycles. The number of benzene rings is 2. The molecular weight excluding hydrogens is 254 g/mol. The molecule has 0 unspecified atom stereocenters. The molecule has 2 aromatic carbocycles. The van der Waals surface area contributed by atoms with Gasteiger partial charge in [0.05, 0.1) is 0 Å². The van der Waals surface area contributed by atoms with Crippen molar-refractivity contribution in [2.45, 2.75) is 13.8 Å². The summed E-state index contributed by atoms with van der Waals surface area (Å²) in [4.78, 5) is 2.19. The fourth-order valence-corrected chi connectivity index (χ4v) is 2.26. The zero-order valence-corrected chi connectivity index (χ0v) is 12.7. The Morgan fingerprint density at radius 2 is 1.67 bits per heavy atom. The summed E-state index contributed by atoms with van der Waals surface area (Å²) in [5.74, 6) is 0. The Kier molecular flexibility index (Phi) is 4.78. The third kappa shape index (κ3) is 3.73. The van der Waals surface area contributed by atoms with Gasteiger partial charge in [-0.25, -0.2) is 0 Å². The maximum atomic E-state index is 3.98. The highest BCUT2D eigenvalue weighted by molar-refractivity contribution is 5.70. The van der Waals surface area contributed by atoms with Gasteiger partial charge in [-0.2, -0.15) is 0 Å². The topological polar surface area (TPSA) is 3.24 Å². The van der Waals surface area contributed by atoms with Crippen molar-refractivity contribution in [1.29, 1.82) is 0 Å². The molecule has 0 amide bonds. The molecule has 0 fully saturated rings. The van der Waals surface area contributed by atoms with Gasteiger partial charge in [0.1, 0.15) is 0 Å². The first-order valence-corrected chi connectivity index (χ1v) is 7.03. The van der Waals surface area contributed by atoms with Crippen LogP contribution in [0, 0.1) is 6.92 Å². The average molecular weight is 275 g/mol. The first-order chi connectivity index (χ1) is 10.1. The van der Waals surface area contributed by atoms with Gasteiger partial charge in [-0.1, -0.05) is 49.1 Å². The van der Waals surface area contributed by atoms with Crippen LogP contribution in [0.5, 0.6) is 0 Å². The molecule has 0 aromatic heterocycles. The van der Waals surface area contributed by atoms with E-state index in [-0.39, 0.29) is 0 Å². The SMILES string of the molecule is C=C/C(=C\C(=C)C)N(c1ccccc1)c1cccc(C)c1. The van der Waals surface area contributed by atoms with Gasteiger partial charge >= 0.3 is 0 Å².